The van der Waals surface area contributed by atoms with E-state index in [-0.39, 0.29) is 34.9 Å². The average Bonchev–Trinajstić information content (AvgIpc) is 3.13. The largest absolute Gasteiger partial charge is 0.497 e. The molecule has 4 aromatic rings. The Bertz CT molecular complexity index is 1700. The number of ether oxygens (including phenoxy) is 1. The molecule has 5 nitrogen and oxygen atoms in total. The fourth-order valence-electron chi connectivity index (χ4n) is 5.68. The molecular weight excluding hydrogens is 562 g/mol. The number of ketones is 1. The molecule has 2 aliphatic rings. The highest BCUT2D eigenvalue weighted by atomic mass is 35.5. The number of nitrogens with zero attached hydrogens (tertiary/aromatic N) is 1. The van der Waals surface area contributed by atoms with Crippen LogP contribution < -0.4 is 15.0 Å². The second-order valence-corrected chi connectivity index (χ2v) is 10.9. The normalized spacial score (nSPS) is 18.2. The van der Waals surface area contributed by atoms with E-state index >= 15 is 0 Å². The standard InChI is InChI=1S/C33H25Cl2FN2O3/c1-41-24-12-9-19(10-13-24)32-31-28(17-22(18-30(31)39)20-5-4-6-23(36)15-20)37-27-7-2-3-8-29(27)38(32)33(40)21-11-14-25(34)26(35)16-21/h2-16,22,32,37H,17-18H2,1H3/t22-,32-/m0/s1. The van der Waals surface area contributed by atoms with Gasteiger partial charge in [0, 0.05) is 23.3 Å². The van der Waals surface area contributed by atoms with Crippen molar-refractivity contribution < 1.29 is 18.7 Å². The van der Waals surface area contributed by atoms with Crippen molar-refractivity contribution in [2.45, 2.75) is 24.8 Å². The maximum atomic E-state index is 14.4. The maximum absolute atomic E-state index is 14.4. The number of fused-ring (bicyclic) bond motifs is 1. The first-order chi connectivity index (χ1) is 19.8. The van der Waals surface area contributed by atoms with E-state index in [9.17, 15) is 14.0 Å². The van der Waals surface area contributed by atoms with Gasteiger partial charge in [0.05, 0.1) is 34.6 Å². The van der Waals surface area contributed by atoms with Gasteiger partial charge in [0.2, 0.25) is 0 Å². The van der Waals surface area contributed by atoms with Crippen LogP contribution in [0.2, 0.25) is 10.0 Å². The molecule has 1 aliphatic carbocycles. The van der Waals surface area contributed by atoms with Gasteiger partial charge in [0.1, 0.15) is 11.6 Å². The summed E-state index contributed by atoms with van der Waals surface area (Å²) in [6, 6.07) is 25.2. The molecule has 4 aromatic carbocycles. The molecule has 0 radical (unpaired) electrons. The van der Waals surface area contributed by atoms with Crippen LogP contribution in [0.15, 0.2) is 102 Å². The van der Waals surface area contributed by atoms with Crippen molar-refractivity contribution in [1.29, 1.82) is 0 Å². The van der Waals surface area contributed by atoms with E-state index < -0.39 is 6.04 Å². The van der Waals surface area contributed by atoms with Crippen molar-refractivity contribution in [3.63, 3.8) is 0 Å². The third kappa shape index (κ3) is 5.09. The Kier molecular flexibility index (Phi) is 7.28. The third-order valence-electron chi connectivity index (χ3n) is 7.63. The number of hydrogen-bond donors (Lipinski definition) is 1. The van der Waals surface area contributed by atoms with Crippen molar-refractivity contribution in [1.82, 2.24) is 0 Å². The van der Waals surface area contributed by atoms with Crippen molar-refractivity contribution in [3.05, 3.63) is 135 Å². The first-order valence-electron chi connectivity index (χ1n) is 13.1. The molecule has 0 spiro atoms. The summed E-state index contributed by atoms with van der Waals surface area (Å²) in [5.74, 6) is -0.367. The number of methoxy groups -OCH3 is 1. The number of rotatable bonds is 4. The van der Waals surface area contributed by atoms with Crippen LogP contribution in [0.5, 0.6) is 5.75 Å². The summed E-state index contributed by atoms with van der Waals surface area (Å²) in [4.78, 5) is 30.2. The summed E-state index contributed by atoms with van der Waals surface area (Å²) >= 11 is 12.5. The molecule has 0 aromatic heterocycles. The Morgan fingerprint density at radius 3 is 2.41 bits per heavy atom. The molecule has 1 heterocycles. The molecule has 0 fully saturated rings. The predicted molar refractivity (Wildman–Crippen MR) is 159 cm³/mol. The van der Waals surface area contributed by atoms with Gasteiger partial charge in [0.15, 0.2) is 5.78 Å². The number of anilines is 2. The minimum Gasteiger partial charge on any atom is -0.497 e. The predicted octanol–water partition coefficient (Wildman–Crippen LogP) is 8.36. The number of para-hydroxylation sites is 2. The van der Waals surface area contributed by atoms with E-state index in [2.05, 4.69) is 5.32 Å². The highest BCUT2D eigenvalue weighted by Crippen LogP contribution is 2.48. The summed E-state index contributed by atoms with van der Waals surface area (Å²) in [5.41, 5.74) is 4.31. The monoisotopic (exact) mass is 586 g/mol. The van der Waals surface area contributed by atoms with Crippen LogP contribution in [0.4, 0.5) is 15.8 Å². The number of hydrogen-bond acceptors (Lipinski definition) is 4. The second-order valence-electron chi connectivity index (χ2n) is 10.1. The van der Waals surface area contributed by atoms with Crippen LogP contribution in [0, 0.1) is 5.82 Å². The van der Waals surface area contributed by atoms with Crippen LogP contribution >= 0.6 is 23.2 Å². The van der Waals surface area contributed by atoms with Crippen LogP contribution in [0.25, 0.3) is 0 Å². The van der Waals surface area contributed by atoms with Gasteiger partial charge in [-0.2, -0.15) is 0 Å². The van der Waals surface area contributed by atoms with E-state index in [0.717, 1.165) is 11.1 Å². The average molecular weight is 587 g/mol. The van der Waals surface area contributed by atoms with Crippen LogP contribution in [0.3, 0.4) is 0 Å². The molecule has 2 atom stereocenters. The van der Waals surface area contributed by atoms with Crippen molar-refractivity contribution in [3.8, 4) is 5.75 Å². The van der Waals surface area contributed by atoms with Crippen molar-refractivity contribution in [2.24, 2.45) is 0 Å². The summed E-state index contributed by atoms with van der Waals surface area (Å²) in [5, 5.41) is 4.08. The lowest BCUT2D eigenvalue weighted by Crippen LogP contribution is -2.38. The Balaban J connectivity index is 1.56. The van der Waals surface area contributed by atoms with Crippen molar-refractivity contribution >= 4 is 46.3 Å². The lowest BCUT2D eigenvalue weighted by molar-refractivity contribution is -0.116. The van der Waals surface area contributed by atoms with Crippen LogP contribution in [-0.2, 0) is 4.79 Å². The molecular formula is C33H25Cl2FN2O3. The number of amides is 1. The zero-order valence-electron chi connectivity index (χ0n) is 22.0. The molecule has 0 bridgehead atoms. The van der Waals surface area contributed by atoms with E-state index in [1.54, 1.807) is 30.2 Å². The third-order valence-corrected chi connectivity index (χ3v) is 8.36. The Morgan fingerprint density at radius 1 is 0.902 bits per heavy atom. The summed E-state index contributed by atoms with van der Waals surface area (Å²) in [6.07, 6.45) is 0.655. The van der Waals surface area contributed by atoms with Gasteiger partial charge in [-0.1, -0.05) is 59.6 Å². The first kappa shape index (κ1) is 27.1. The summed E-state index contributed by atoms with van der Waals surface area (Å²) in [6.45, 7) is 0. The molecule has 1 amide bonds. The van der Waals surface area contributed by atoms with Crippen LogP contribution in [-0.4, -0.2) is 18.8 Å². The Labute approximate surface area is 247 Å². The quantitative estimate of drug-likeness (QED) is 0.261. The number of nitrogens with one attached hydrogen (secondary N) is 1. The van der Waals surface area contributed by atoms with E-state index in [0.29, 0.717) is 45.4 Å². The molecule has 0 saturated carbocycles. The van der Waals surface area contributed by atoms with Crippen LogP contribution in [0.1, 0.15) is 46.3 Å². The smallest absolute Gasteiger partial charge is 0.259 e. The van der Waals surface area contributed by atoms with Gasteiger partial charge < -0.3 is 10.1 Å². The fraction of sp³-hybridized carbons (Fsp3) is 0.152. The highest BCUT2D eigenvalue weighted by Gasteiger charge is 2.42. The minimum atomic E-state index is -0.755. The molecule has 1 N–H and O–H groups in total. The molecule has 6 rings (SSSR count). The van der Waals surface area contributed by atoms with Gasteiger partial charge in [-0.05, 0) is 78.1 Å². The zero-order valence-corrected chi connectivity index (χ0v) is 23.5. The second kappa shape index (κ2) is 11.0. The maximum Gasteiger partial charge on any atom is 0.259 e. The van der Waals surface area contributed by atoms with Gasteiger partial charge in [0.25, 0.3) is 5.91 Å². The Morgan fingerprint density at radius 2 is 1.68 bits per heavy atom. The lowest BCUT2D eigenvalue weighted by atomic mass is 9.78. The van der Waals surface area contributed by atoms with Gasteiger partial charge in [-0.25, -0.2) is 4.39 Å². The number of allylic oxidation sites excluding steroid dienone is 1. The van der Waals surface area contributed by atoms with E-state index in [1.807, 2.05) is 54.6 Å². The number of carbonyl (C=O) groups excluding carboxylic acids is 2. The highest BCUT2D eigenvalue weighted by molar-refractivity contribution is 6.42. The number of carbonyl (C=O) groups is 2. The molecule has 8 heteroatoms. The number of Topliss-reactive ketones (excluding diaryl/α,β-unsaturated/α-hetero) is 1. The van der Waals surface area contributed by atoms with Crippen molar-refractivity contribution in [2.75, 3.05) is 17.3 Å². The topological polar surface area (TPSA) is 58.6 Å². The van der Waals surface area contributed by atoms with Gasteiger partial charge >= 0.3 is 0 Å². The SMILES string of the molecule is COc1ccc([C@H]2C3=C(C[C@H](c4cccc(F)c4)CC3=O)Nc3ccccc3N2C(=O)c2ccc(Cl)c(Cl)c2)cc1. The Hall–Kier alpha value is -4.13. The minimum absolute atomic E-state index is 0.117. The van der Waals surface area contributed by atoms with E-state index in [4.69, 9.17) is 27.9 Å². The molecule has 0 unspecified atom stereocenters. The van der Waals surface area contributed by atoms with Gasteiger partial charge in [-0.15, -0.1) is 0 Å². The zero-order chi connectivity index (χ0) is 28.7. The molecule has 41 heavy (non-hydrogen) atoms. The van der Waals surface area contributed by atoms with Gasteiger partial charge in [-0.3, -0.25) is 14.5 Å². The van der Waals surface area contributed by atoms with E-state index in [1.165, 1.54) is 18.2 Å². The summed E-state index contributed by atoms with van der Waals surface area (Å²) < 4.78 is 19.5. The fourth-order valence-corrected chi connectivity index (χ4v) is 5.98. The lowest BCUT2D eigenvalue weighted by Gasteiger charge is -2.35. The number of benzene rings is 4. The molecule has 1 aliphatic heterocycles. The molecule has 0 saturated heterocycles. The number of halogens is 3. The molecule has 206 valence electrons. The summed E-state index contributed by atoms with van der Waals surface area (Å²) in [7, 11) is 1.58. The first-order valence-corrected chi connectivity index (χ1v) is 13.9.